The fourth-order valence-electron chi connectivity index (χ4n) is 4.27. The standard InChI is InChI=1S/C18H35O5PSi/c19-24-20-21-25(22-24,23-24)18-16-14-12-10-8-6-4-2-1-3-5-7-9-11-13-15-17-18/h18H,1-17H2. The van der Waals surface area contributed by atoms with Gasteiger partial charge in [0.25, 0.3) is 0 Å². The summed E-state index contributed by atoms with van der Waals surface area (Å²) in [6.07, 6.45) is 22.2. The van der Waals surface area contributed by atoms with Gasteiger partial charge in [0.1, 0.15) is 0 Å². The smallest absolute Gasteiger partial charge is 0.275 e. The maximum atomic E-state index is 11.8. The largest absolute Gasteiger partial charge is 0.550 e. The summed E-state index contributed by atoms with van der Waals surface area (Å²) in [6, 6.07) is 0. The van der Waals surface area contributed by atoms with E-state index in [2.05, 4.69) is 0 Å². The van der Waals surface area contributed by atoms with Gasteiger partial charge in [0.05, 0.1) is 0 Å². The fourth-order valence-corrected chi connectivity index (χ4v) is 10.5. The number of fused-ring (bicyclic) bond motifs is 1. The Labute approximate surface area is 154 Å². The molecule has 4 rings (SSSR count). The van der Waals surface area contributed by atoms with Gasteiger partial charge < -0.3 is 0 Å². The Bertz CT molecular complexity index is 419. The first-order valence-corrected chi connectivity index (χ1v) is 13.9. The zero-order valence-corrected chi connectivity index (χ0v) is 17.5. The van der Waals surface area contributed by atoms with Crippen LogP contribution in [0.5, 0.6) is 0 Å². The normalized spacial score (nSPS) is 37.8. The molecule has 146 valence electrons. The fraction of sp³-hybridized carbons (Fsp3) is 1.00. The molecule has 0 unspecified atom stereocenters. The highest BCUT2D eigenvalue weighted by molar-refractivity contribution is 7.56. The predicted molar refractivity (Wildman–Crippen MR) is 99.9 cm³/mol. The third kappa shape index (κ3) is 5.88. The molecule has 3 heterocycles. The monoisotopic (exact) mass is 390 g/mol. The summed E-state index contributed by atoms with van der Waals surface area (Å²) in [5, 5.41) is 0. The van der Waals surface area contributed by atoms with Gasteiger partial charge in [-0.1, -0.05) is 96.3 Å². The lowest BCUT2D eigenvalue weighted by atomic mass is 10.0. The second-order valence-corrected chi connectivity index (χ2v) is 12.7. The van der Waals surface area contributed by atoms with Gasteiger partial charge >= 0.3 is 16.6 Å². The van der Waals surface area contributed by atoms with Gasteiger partial charge in [-0.3, -0.25) is 8.43 Å². The second-order valence-electron chi connectivity index (χ2n) is 7.97. The van der Waals surface area contributed by atoms with Crippen LogP contribution in [0.4, 0.5) is 0 Å². The van der Waals surface area contributed by atoms with Crippen molar-refractivity contribution in [2.75, 3.05) is 0 Å². The van der Waals surface area contributed by atoms with E-state index in [1.807, 2.05) is 0 Å². The van der Waals surface area contributed by atoms with Crippen molar-refractivity contribution in [2.24, 2.45) is 0 Å². The Hall–Kier alpha value is 0.287. The topological polar surface area (TPSA) is 54.0 Å². The molecule has 0 aromatic rings. The molecule has 3 aliphatic heterocycles. The first kappa shape index (κ1) is 20.0. The molecule has 0 atom stereocenters. The van der Waals surface area contributed by atoms with Crippen LogP contribution < -0.4 is 0 Å². The minimum atomic E-state index is -3.28. The average Bonchev–Trinajstić information content (AvgIpc) is 3.09. The van der Waals surface area contributed by atoms with Crippen LogP contribution in [0.2, 0.25) is 5.54 Å². The van der Waals surface area contributed by atoms with E-state index >= 15 is 0 Å². The van der Waals surface area contributed by atoms with Gasteiger partial charge in [-0.25, -0.2) is 9.14 Å². The molecule has 4 fully saturated rings. The second kappa shape index (κ2) is 10.0. The molecule has 2 bridgehead atoms. The third-order valence-electron chi connectivity index (χ3n) is 5.83. The first-order chi connectivity index (χ1) is 12.2. The molecule has 25 heavy (non-hydrogen) atoms. The zero-order chi connectivity index (χ0) is 17.4. The molecule has 0 aromatic carbocycles. The summed E-state index contributed by atoms with van der Waals surface area (Å²) < 4.78 is 33.0. The van der Waals surface area contributed by atoms with E-state index in [0.29, 0.717) is 0 Å². The summed E-state index contributed by atoms with van der Waals surface area (Å²) in [4.78, 5) is 0. The lowest BCUT2D eigenvalue weighted by Gasteiger charge is -2.33. The first-order valence-electron chi connectivity index (χ1n) is 10.6. The lowest BCUT2D eigenvalue weighted by Crippen LogP contribution is -2.48. The van der Waals surface area contributed by atoms with Crippen molar-refractivity contribution >= 4 is 16.6 Å². The SMILES string of the molecule is O=P12OO[Si](C3CCCCCCCCCCCCCCCCC3)(O1)O2. The van der Waals surface area contributed by atoms with E-state index in [9.17, 15) is 4.57 Å². The van der Waals surface area contributed by atoms with Crippen molar-refractivity contribution in [1.29, 1.82) is 0 Å². The number of hydrogen-bond donors (Lipinski definition) is 0. The van der Waals surface area contributed by atoms with E-state index in [4.69, 9.17) is 17.7 Å². The molecular weight excluding hydrogens is 355 g/mol. The van der Waals surface area contributed by atoms with Crippen LogP contribution in [-0.2, 0) is 22.2 Å². The van der Waals surface area contributed by atoms with Crippen LogP contribution in [0.1, 0.15) is 109 Å². The molecule has 3 saturated heterocycles. The maximum Gasteiger partial charge on any atom is 0.550 e. The van der Waals surface area contributed by atoms with Crippen molar-refractivity contribution in [3.63, 3.8) is 0 Å². The molecule has 7 heteroatoms. The van der Waals surface area contributed by atoms with Crippen LogP contribution in [0.15, 0.2) is 0 Å². The Morgan fingerprint density at radius 3 is 1.28 bits per heavy atom. The molecule has 4 aliphatic rings. The van der Waals surface area contributed by atoms with Gasteiger partial charge in [0.2, 0.25) is 0 Å². The van der Waals surface area contributed by atoms with E-state index in [1.54, 1.807) is 0 Å². The highest BCUT2D eigenvalue weighted by Crippen LogP contribution is 2.73. The zero-order valence-electron chi connectivity index (χ0n) is 15.6. The van der Waals surface area contributed by atoms with Crippen LogP contribution >= 0.6 is 7.82 Å². The summed E-state index contributed by atoms with van der Waals surface area (Å²) in [5.74, 6) is 0. The summed E-state index contributed by atoms with van der Waals surface area (Å²) in [5.41, 5.74) is 0.260. The van der Waals surface area contributed by atoms with Gasteiger partial charge in [-0.15, -0.1) is 4.67 Å². The van der Waals surface area contributed by atoms with Crippen molar-refractivity contribution in [2.45, 2.75) is 115 Å². The average molecular weight is 391 g/mol. The van der Waals surface area contributed by atoms with Gasteiger partial charge in [0, 0.05) is 5.54 Å². The summed E-state index contributed by atoms with van der Waals surface area (Å²) in [7, 11) is -6.06. The Morgan fingerprint density at radius 1 is 0.600 bits per heavy atom. The van der Waals surface area contributed by atoms with Crippen molar-refractivity contribution in [3.8, 4) is 0 Å². The molecule has 5 nitrogen and oxygen atoms in total. The number of phosphoric acid groups is 1. The molecule has 0 amide bonds. The van der Waals surface area contributed by atoms with Gasteiger partial charge in [-0.05, 0) is 12.8 Å². The van der Waals surface area contributed by atoms with Gasteiger partial charge in [-0.2, -0.15) is 0 Å². The Morgan fingerprint density at radius 2 is 0.960 bits per heavy atom. The molecule has 0 N–H and O–H groups in total. The van der Waals surface area contributed by atoms with Crippen molar-refractivity contribution < 1.29 is 22.2 Å². The Kier molecular flexibility index (Phi) is 8.01. The minimum absolute atomic E-state index is 0.260. The highest BCUT2D eigenvalue weighted by Gasteiger charge is 2.75. The summed E-state index contributed by atoms with van der Waals surface area (Å²) >= 11 is 0. The lowest BCUT2D eigenvalue weighted by molar-refractivity contribution is -0.0904. The number of hydrogen-bond acceptors (Lipinski definition) is 5. The molecular formula is C18H35O5PSi. The number of rotatable bonds is 1. The third-order valence-corrected chi connectivity index (χ3v) is 11.9. The van der Waals surface area contributed by atoms with Gasteiger partial charge in [0.15, 0.2) is 0 Å². The molecule has 0 radical (unpaired) electrons. The van der Waals surface area contributed by atoms with Crippen LogP contribution in [0, 0.1) is 0 Å². The minimum Gasteiger partial charge on any atom is -0.275 e. The van der Waals surface area contributed by atoms with E-state index < -0.39 is 16.6 Å². The Balaban J connectivity index is 1.44. The van der Waals surface area contributed by atoms with Crippen molar-refractivity contribution in [3.05, 3.63) is 0 Å². The molecule has 0 aromatic heterocycles. The molecule has 1 saturated carbocycles. The predicted octanol–water partition coefficient (Wildman–Crippen LogP) is 7.06. The maximum absolute atomic E-state index is 11.8. The van der Waals surface area contributed by atoms with Crippen LogP contribution in [0.3, 0.4) is 0 Å². The van der Waals surface area contributed by atoms with E-state index in [0.717, 1.165) is 12.8 Å². The van der Waals surface area contributed by atoms with E-state index in [-0.39, 0.29) is 5.54 Å². The van der Waals surface area contributed by atoms with Crippen LogP contribution in [0.25, 0.3) is 0 Å². The van der Waals surface area contributed by atoms with Crippen LogP contribution in [-0.4, -0.2) is 8.80 Å². The quantitative estimate of drug-likeness (QED) is 0.272. The molecule has 0 spiro atoms. The van der Waals surface area contributed by atoms with E-state index in [1.165, 1.54) is 96.3 Å². The van der Waals surface area contributed by atoms with Crippen molar-refractivity contribution in [1.82, 2.24) is 0 Å². The summed E-state index contributed by atoms with van der Waals surface area (Å²) in [6.45, 7) is 0. The highest BCUT2D eigenvalue weighted by atomic mass is 31.2. The molecule has 1 aliphatic carbocycles.